The molecule has 2 heterocycles. The first-order valence-electron chi connectivity index (χ1n) is 24.7. The predicted octanol–water partition coefficient (Wildman–Crippen LogP) is 7.29. The molecule has 2 aliphatic rings. The number of para-hydroxylation sites is 1. The standard InChI is InChI=1S/C58H64N6O7/c1-5-6-25-48-54(67)64-52(38(4)71-58(41-18-10-7-11-19-41,42-20-12-8-13-21-42)43-22-14-9-15-23-43)57(70)63-51-37(3)31-36(2)32-46(51)53(66)61-49(33-39-27-29-44(65)30-28-39)55(68)62-50(56(69)60-48)34-40-35-59-47-26-17-16-24-45(40)47/h7-24,26-31,35-36,38,46,48-52,59,65H,5-6,25,32-34H2,1-4H3,(H,60,69)(H,61,66)(H,62,68)(H,63,70)(H,64,67)/t36-,38+,46-,48-,49-,50+,51+,52-/m0/s1. The Bertz CT molecular complexity index is 2740. The lowest BCUT2D eigenvalue weighted by Gasteiger charge is -2.41. The third kappa shape index (κ3) is 11.4. The number of amides is 5. The van der Waals surface area contributed by atoms with Crippen molar-refractivity contribution in [3.8, 4) is 5.75 Å². The van der Waals surface area contributed by atoms with Crippen molar-refractivity contribution in [3.63, 3.8) is 0 Å². The van der Waals surface area contributed by atoms with Gasteiger partial charge in [-0.2, -0.15) is 0 Å². The Morgan fingerprint density at radius 1 is 0.634 bits per heavy atom. The number of nitrogens with one attached hydrogen (secondary N) is 6. The largest absolute Gasteiger partial charge is 0.508 e. The van der Waals surface area contributed by atoms with Crippen molar-refractivity contribution in [1.82, 2.24) is 31.6 Å². The second kappa shape index (κ2) is 22.5. The SMILES string of the molecule is CCCC[C@@H]1NC(=O)[C@@H](Cc2c[nH]c3ccccc23)NC(=O)[C@H](Cc2ccc(O)cc2)NC(=O)[C@H]2C[C@@H](C)C=C(C)[C@H]2NC(=O)[C@H]([C@@H](C)OC(c2ccccc2)(c2ccccc2)c2ccccc2)NC1=O. The Balaban J connectivity index is 1.23. The van der Waals surface area contributed by atoms with E-state index in [9.17, 15) is 19.5 Å². The van der Waals surface area contributed by atoms with Crippen LogP contribution in [-0.4, -0.2) is 75.9 Å². The molecule has 368 valence electrons. The van der Waals surface area contributed by atoms with Crippen LogP contribution in [0.3, 0.4) is 0 Å². The lowest BCUT2D eigenvalue weighted by Crippen LogP contribution is -2.63. The monoisotopic (exact) mass is 956 g/mol. The molecular weight excluding hydrogens is 893 g/mol. The van der Waals surface area contributed by atoms with E-state index in [1.807, 2.05) is 142 Å². The lowest BCUT2D eigenvalue weighted by molar-refractivity contribution is -0.140. The van der Waals surface area contributed by atoms with Crippen molar-refractivity contribution in [3.05, 3.63) is 185 Å². The first-order valence-corrected chi connectivity index (χ1v) is 24.7. The number of phenols is 1. The highest BCUT2D eigenvalue weighted by atomic mass is 16.5. The molecular formula is C58H64N6O7. The third-order valence-electron chi connectivity index (χ3n) is 13.9. The molecule has 1 aromatic heterocycles. The zero-order valence-electron chi connectivity index (χ0n) is 40.7. The van der Waals surface area contributed by atoms with Crippen molar-refractivity contribution in [2.24, 2.45) is 11.8 Å². The Labute approximate surface area is 415 Å². The molecule has 8 rings (SSSR count). The van der Waals surface area contributed by atoms with Gasteiger partial charge in [-0.3, -0.25) is 24.0 Å². The molecule has 71 heavy (non-hydrogen) atoms. The predicted molar refractivity (Wildman–Crippen MR) is 274 cm³/mol. The summed E-state index contributed by atoms with van der Waals surface area (Å²) in [7, 11) is 0. The smallest absolute Gasteiger partial charge is 0.245 e. The van der Waals surface area contributed by atoms with E-state index in [2.05, 4.69) is 31.6 Å². The molecule has 13 heteroatoms. The molecule has 13 nitrogen and oxygen atoms in total. The van der Waals surface area contributed by atoms with Gasteiger partial charge in [0.25, 0.3) is 0 Å². The number of carbonyl (C=O) groups is 5. The van der Waals surface area contributed by atoms with Gasteiger partial charge in [-0.1, -0.05) is 160 Å². The second-order valence-electron chi connectivity index (χ2n) is 19.1. The highest BCUT2D eigenvalue weighted by Gasteiger charge is 2.45. The number of hydrogen-bond donors (Lipinski definition) is 7. The van der Waals surface area contributed by atoms with Gasteiger partial charge in [0.2, 0.25) is 29.5 Å². The van der Waals surface area contributed by atoms with Gasteiger partial charge in [0, 0.05) is 29.9 Å². The van der Waals surface area contributed by atoms with Crippen LogP contribution in [0.1, 0.15) is 81.2 Å². The minimum Gasteiger partial charge on any atom is -0.508 e. The van der Waals surface area contributed by atoms with Crippen LogP contribution in [0.4, 0.5) is 0 Å². The number of aromatic nitrogens is 1. The molecule has 1 saturated heterocycles. The van der Waals surface area contributed by atoms with Crippen molar-refractivity contribution in [2.75, 3.05) is 0 Å². The molecule has 6 aromatic rings. The number of unbranched alkanes of at least 4 members (excludes halogenated alkanes) is 1. The number of H-pyrrole nitrogens is 1. The van der Waals surface area contributed by atoms with Crippen molar-refractivity contribution < 1.29 is 33.8 Å². The average Bonchev–Trinajstić information content (AvgIpc) is 3.79. The van der Waals surface area contributed by atoms with E-state index in [1.165, 1.54) is 12.1 Å². The number of allylic oxidation sites excluding steroid dienone is 1. The van der Waals surface area contributed by atoms with Crippen molar-refractivity contribution in [1.29, 1.82) is 0 Å². The lowest BCUT2D eigenvalue weighted by atomic mass is 9.78. The Morgan fingerprint density at radius 3 is 1.77 bits per heavy atom. The van der Waals surface area contributed by atoms with Crippen LogP contribution < -0.4 is 26.6 Å². The zero-order valence-corrected chi connectivity index (χ0v) is 40.7. The second-order valence-corrected chi connectivity index (χ2v) is 19.1. The van der Waals surface area contributed by atoms with E-state index in [0.717, 1.165) is 38.7 Å². The minimum absolute atomic E-state index is 0.0256. The number of aromatic hydroxyl groups is 1. The molecule has 0 radical (unpaired) electrons. The molecule has 0 spiro atoms. The average molecular weight is 957 g/mol. The number of phenolic OH excluding ortho intramolecular Hbond substituents is 1. The molecule has 1 aliphatic heterocycles. The third-order valence-corrected chi connectivity index (χ3v) is 13.9. The van der Waals surface area contributed by atoms with Gasteiger partial charge in [0.05, 0.1) is 18.1 Å². The number of fused-ring (bicyclic) bond motifs is 2. The van der Waals surface area contributed by atoms with E-state index in [0.29, 0.717) is 24.8 Å². The number of benzene rings is 5. The Kier molecular flexibility index (Phi) is 15.8. The van der Waals surface area contributed by atoms with E-state index in [-0.39, 0.29) is 30.9 Å². The van der Waals surface area contributed by atoms with Gasteiger partial charge >= 0.3 is 0 Å². The molecule has 5 amide bonds. The maximum absolute atomic E-state index is 15.3. The van der Waals surface area contributed by atoms with Crippen LogP contribution in [0, 0.1) is 11.8 Å². The van der Waals surface area contributed by atoms with Gasteiger partial charge in [-0.05, 0) is 78.6 Å². The number of aromatic amines is 1. The summed E-state index contributed by atoms with van der Waals surface area (Å²) in [6.07, 6.45) is 4.70. The fourth-order valence-corrected chi connectivity index (χ4v) is 10.2. The Morgan fingerprint density at radius 2 is 1.17 bits per heavy atom. The van der Waals surface area contributed by atoms with Crippen molar-refractivity contribution >= 4 is 40.4 Å². The van der Waals surface area contributed by atoms with E-state index in [4.69, 9.17) is 4.74 Å². The zero-order chi connectivity index (χ0) is 50.1. The summed E-state index contributed by atoms with van der Waals surface area (Å²) in [6.45, 7) is 7.60. The molecule has 7 N–H and O–H groups in total. The quantitative estimate of drug-likeness (QED) is 0.0467. The molecule has 8 atom stereocenters. The first kappa shape index (κ1) is 49.9. The molecule has 0 unspecified atom stereocenters. The summed E-state index contributed by atoms with van der Waals surface area (Å²) in [6, 6.07) is 37.5. The summed E-state index contributed by atoms with van der Waals surface area (Å²) in [5.41, 5.74) is 4.09. The molecule has 0 saturated carbocycles. The Hall–Kier alpha value is -7.51. The molecule has 0 bridgehead atoms. The van der Waals surface area contributed by atoms with E-state index in [1.54, 1.807) is 25.3 Å². The summed E-state index contributed by atoms with van der Waals surface area (Å²) in [4.78, 5) is 78.1. The fourth-order valence-electron chi connectivity index (χ4n) is 10.2. The van der Waals surface area contributed by atoms with Crippen LogP contribution in [0.25, 0.3) is 10.9 Å². The van der Waals surface area contributed by atoms with Crippen LogP contribution in [0.15, 0.2) is 157 Å². The highest BCUT2D eigenvalue weighted by molar-refractivity contribution is 5.97. The number of hydrogen-bond acceptors (Lipinski definition) is 7. The fraction of sp³-hybridized carbons (Fsp3) is 0.328. The van der Waals surface area contributed by atoms with Crippen LogP contribution in [0.2, 0.25) is 0 Å². The number of rotatable bonds is 13. The maximum Gasteiger partial charge on any atom is 0.245 e. The van der Waals surface area contributed by atoms with Gasteiger partial charge in [-0.25, -0.2) is 0 Å². The van der Waals surface area contributed by atoms with Gasteiger partial charge in [0.15, 0.2) is 0 Å². The first-order chi connectivity index (χ1) is 34.3. The molecule has 1 fully saturated rings. The van der Waals surface area contributed by atoms with Crippen LogP contribution in [0.5, 0.6) is 5.75 Å². The minimum atomic E-state index is -1.35. The van der Waals surface area contributed by atoms with E-state index >= 15 is 9.59 Å². The van der Waals surface area contributed by atoms with Gasteiger partial charge in [0.1, 0.15) is 35.5 Å². The maximum atomic E-state index is 15.3. The summed E-state index contributed by atoms with van der Waals surface area (Å²) in [5, 5.41) is 26.2. The van der Waals surface area contributed by atoms with Crippen LogP contribution in [-0.2, 0) is 47.2 Å². The summed E-state index contributed by atoms with van der Waals surface area (Å²) >= 11 is 0. The number of carbonyl (C=O) groups excluding carboxylic acids is 5. The number of ether oxygens (including phenoxy) is 1. The topological polar surface area (TPSA) is 191 Å². The summed E-state index contributed by atoms with van der Waals surface area (Å²) < 4.78 is 7.38. The summed E-state index contributed by atoms with van der Waals surface area (Å²) in [5.74, 6) is -3.77. The van der Waals surface area contributed by atoms with Crippen LogP contribution >= 0.6 is 0 Å². The van der Waals surface area contributed by atoms with Gasteiger partial charge in [-0.15, -0.1) is 0 Å². The van der Waals surface area contributed by atoms with Gasteiger partial charge < -0.3 is 41.4 Å². The van der Waals surface area contributed by atoms with Crippen molar-refractivity contribution in [2.45, 2.75) is 108 Å². The molecule has 1 aliphatic carbocycles. The highest BCUT2D eigenvalue weighted by Crippen LogP contribution is 2.42. The van der Waals surface area contributed by atoms with E-state index < -0.39 is 77.4 Å². The molecule has 5 aromatic carbocycles. The normalized spacial score (nSPS) is 23.0.